The highest BCUT2D eigenvalue weighted by molar-refractivity contribution is 5.81. The highest BCUT2D eigenvalue weighted by Crippen LogP contribution is 2.20. The lowest BCUT2D eigenvalue weighted by Gasteiger charge is -2.28. The largest absolute Gasteiger partial charge is 0.463 e. The van der Waals surface area contributed by atoms with Crippen LogP contribution in [0.3, 0.4) is 0 Å². The first-order valence-corrected chi connectivity index (χ1v) is 5.25. The van der Waals surface area contributed by atoms with Crippen molar-refractivity contribution in [3.8, 4) is 0 Å². The van der Waals surface area contributed by atoms with Crippen molar-refractivity contribution in [1.29, 1.82) is 0 Å². The number of carbonyl (C=O) groups is 1. The van der Waals surface area contributed by atoms with E-state index in [4.69, 9.17) is 0 Å². The van der Waals surface area contributed by atoms with Gasteiger partial charge in [-0.3, -0.25) is 0 Å². The molecule has 0 amide bonds. The minimum absolute atomic E-state index is 0.297. The average Bonchev–Trinajstić information content (AvgIpc) is 2.25. The predicted molar refractivity (Wildman–Crippen MR) is 57.3 cm³/mol. The zero-order chi connectivity index (χ0) is 11.9. The van der Waals surface area contributed by atoms with Crippen molar-refractivity contribution in [3.63, 3.8) is 0 Å². The van der Waals surface area contributed by atoms with Gasteiger partial charge in [-0.2, -0.15) is 0 Å². The van der Waals surface area contributed by atoms with Crippen molar-refractivity contribution in [3.05, 3.63) is 12.2 Å². The summed E-state index contributed by atoms with van der Waals surface area (Å²) in [5.74, 6) is -0.508. The number of esters is 1. The van der Waals surface area contributed by atoms with Gasteiger partial charge >= 0.3 is 5.97 Å². The Bertz CT molecular complexity index is 219. The summed E-state index contributed by atoms with van der Waals surface area (Å²) < 4.78 is 4.65. The third-order valence-corrected chi connectivity index (χ3v) is 2.48. The van der Waals surface area contributed by atoms with Crippen LogP contribution in [-0.2, 0) is 9.53 Å². The molecular formula is C11H20O4. The van der Waals surface area contributed by atoms with Crippen molar-refractivity contribution in [1.82, 2.24) is 0 Å². The van der Waals surface area contributed by atoms with Crippen LogP contribution in [0.2, 0.25) is 0 Å². The smallest absolute Gasteiger partial charge is 0.330 e. The number of aliphatic hydroxyl groups is 2. The number of hydrogen-bond acceptors (Lipinski definition) is 4. The summed E-state index contributed by atoms with van der Waals surface area (Å²) >= 11 is 0. The summed E-state index contributed by atoms with van der Waals surface area (Å²) in [7, 11) is 0. The lowest BCUT2D eigenvalue weighted by molar-refractivity contribution is -0.137. The Hall–Kier alpha value is -0.870. The Morgan fingerprint density at radius 3 is 2.33 bits per heavy atom. The maximum Gasteiger partial charge on any atom is 0.330 e. The van der Waals surface area contributed by atoms with Crippen LogP contribution < -0.4 is 0 Å². The van der Waals surface area contributed by atoms with E-state index in [9.17, 15) is 15.0 Å². The summed E-state index contributed by atoms with van der Waals surface area (Å²) in [6, 6.07) is 0. The Balaban J connectivity index is 4.33. The Morgan fingerprint density at radius 1 is 1.40 bits per heavy atom. The monoisotopic (exact) mass is 216 g/mol. The fraction of sp³-hybridized carbons (Fsp3) is 0.727. The van der Waals surface area contributed by atoms with Gasteiger partial charge in [0.25, 0.3) is 0 Å². The lowest BCUT2D eigenvalue weighted by atomic mass is 9.90. The zero-order valence-corrected chi connectivity index (χ0v) is 9.56. The molecular weight excluding hydrogens is 196 g/mol. The molecule has 15 heavy (non-hydrogen) atoms. The molecule has 0 aliphatic carbocycles. The minimum atomic E-state index is -1.16. The predicted octanol–water partition coefficient (Wildman–Crippen LogP) is 1.02. The van der Waals surface area contributed by atoms with Gasteiger partial charge in [0.1, 0.15) is 6.10 Å². The number of ether oxygens (including phenoxy) is 1. The topological polar surface area (TPSA) is 66.8 Å². The Morgan fingerprint density at radius 2 is 1.93 bits per heavy atom. The van der Waals surface area contributed by atoms with Crippen LogP contribution >= 0.6 is 0 Å². The van der Waals surface area contributed by atoms with E-state index in [0.29, 0.717) is 19.4 Å². The second kappa shape index (κ2) is 6.58. The summed E-state index contributed by atoms with van der Waals surface area (Å²) in [4.78, 5) is 10.9. The van der Waals surface area contributed by atoms with Crippen LogP contribution in [0.5, 0.6) is 0 Å². The quantitative estimate of drug-likeness (QED) is 0.514. The molecule has 1 atom stereocenters. The first-order valence-electron chi connectivity index (χ1n) is 5.25. The standard InChI is InChI=1S/C11H20O4/c1-4-11(14,5-2)9(12)7-8-10(13)15-6-3/h7-9,12,14H,4-6H2,1-3H3/t9-/m1/s1. The molecule has 0 rings (SSSR count). The fourth-order valence-corrected chi connectivity index (χ4v) is 1.21. The molecule has 0 aliphatic heterocycles. The van der Waals surface area contributed by atoms with Gasteiger partial charge in [0, 0.05) is 6.08 Å². The average molecular weight is 216 g/mol. The normalized spacial score (nSPS) is 14.2. The van der Waals surface area contributed by atoms with E-state index < -0.39 is 17.7 Å². The summed E-state index contributed by atoms with van der Waals surface area (Å²) in [6.45, 7) is 5.57. The number of hydrogen-bond donors (Lipinski definition) is 2. The van der Waals surface area contributed by atoms with Crippen molar-refractivity contribution in [2.45, 2.75) is 45.3 Å². The molecule has 0 aromatic heterocycles. The molecule has 0 heterocycles. The van der Waals surface area contributed by atoms with Gasteiger partial charge in [-0.25, -0.2) is 4.79 Å². The SMILES string of the molecule is CCOC(=O)C=C[C@@H](O)C(O)(CC)CC. The van der Waals surface area contributed by atoms with Crippen LogP contribution in [0.25, 0.3) is 0 Å². The molecule has 88 valence electrons. The molecule has 2 N–H and O–H groups in total. The van der Waals surface area contributed by atoms with Gasteiger partial charge in [-0.1, -0.05) is 13.8 Å². The number of carbonyl (C=O) groups excluding carboxylic acids is 1. The Kier molecular flexibility index (Phi) is 6.20. The van der Waals surface area contributed by atoms with E-state index in [1.165, 1.54) is 6.08 Å². The molecule has 0 saturated heterocycles. The van der Waals surface area contributed by atoms with Gasteiger partial charge in [-0.05, 0) is 25.8 Å². The van der Waals surface area contributed by atoms with E-state index >= 15 is 0 Å². The molecule has 0 unspecified atom stereocenters. The van der Waals surface area contributed by atoms with E-state index in [-0.39, 0.29) is 0 Å². The molecule has 4 nitrogen and oxygen atoms in total. The van der Waals surface area contributed by atoms with Crippen molar-refractivity contribution >= 4 is 5.97 Å². The van der Waals surface area contributed by atoms with Crippen LogP contribution in [-0.4, -0.2) is 34.5 Å². The first kappa shape index (κ1) is 14.1. The number of aliphatic hydroxyl groups excluding tert-OH is 1. The number of rotatable bonds is 6. The molecule has 0 spiro atoms. The van der Waals surface area contributed by atoms with Gasteiger partial charge in [0.05, 0.1) is 12.2 Å². The second-order valence-corrected chi connectivity index (χ2v) is 3.37. The summed E-state index contributed by atoms with van der Waals surface area (Å²) in [5.41, 5.74) is -1.16. The summed E-state index contributed by atoms with van der Waals surface area (Å²) in [5, 5.41) is 19.5. The van der Waals surface area contributed by atoms with Gasteiger partial charge in [0.15, 0.2) is 0 Å². The van der Waals surface area contributed by atoms with Crippen molar-refractivity contribution in [2.24, 2.45) is 0 Å². The molecule has 0 fully saturated rings. The third-order valence-electron chi connectivity index (χ3n) is 2.48. The minimum Gasteiger partial charge on any atom is -0.463 e. The maximum absolute atomic E-state index is 10.9. The highest BCUT2D eigenvalue weighted by atomic mass is 16.5. The van der Waals surface area contributed by atoms with Crippen molar-refractivity contribution < 1.29 is 19.7 Å². The van der Waals surface area contributed by atoms with Gasteiger partial charge < -0.3 is 14.9 Å². The molecule has 0 bridgehead atoms. The maximum atomic E-state index is 10.9. The lowest BCUT2D eigenvalue weighted by Crippen LogP contribution is -2.39. The molecule has 0 radical (unpaired) electrons. The molecule has 0 aromatic rings. The van der Waals surface area contributed by atoms with Crippen LogP contribution in [0.1, 0.15) is 33.6 Å². The first-order chi connectivity index (χ1) is 7.00. The fourth-order valence-electron chi connectivity index (χ4n) is 1.21. The molecule has 0 saturated carbocycles. The third kappa shape index (κ3) is 4.44. The Labute approximate surface area is 90.6 Å². The highest BCUT2D eigenvalue weighted by Gasteiger charge is 2.29. The van der Waals surface area contributed by atoms with Crippen LogP contribution in [0.4, 0.5) is 0 Å². The van der Waals surface area contributed by atoms with E-state index in [0.717, 1.165) is 6.08 Å². The molecule has 0 aliphatic rings. The zero-order valence-electron chi connectivity index (χ0n) is 9.56. The van der Waals surface area contributed by atoms with Crippen molar-refractivity contribution in [2.75, 3.05) is 6.61 Å². The molecule has 4 heteroatoms. The van der Waals surface area contributed by atoms with E-state index in [1.807, 2.05) is 0 Å². The van der Waals surface area contributed by atoms with Gasteiger partial charge in [-0.15, -0.1) is 0 Å². The van der Waals surface area contributed by atoms with Gasteiger partial charge in [0.2, 0.25) is 0 Å². The van der Waals surface area contributed by atoms with Crippen LogP contribution in [0.15, 0.2) is 12.2 Å². The van der Waals surface area contributed by atoms with E-state index in [1.54, 1.807) is 20.8 Å². The van der Waals surface area contributed by atoms with E-state index in [2.05, 4.69) is 4.74 Å². The second-order valence-electron chi connectivity index (χ2n) is 3.37. The molecule has 0 aromatic carbocycles. The summed E-state index contributed by atoms with van der Waals surface area (Å²) in [6.07, 6.45) is 2.22. The van der Waals surface area contributed by atoms with Crippen LogP contribution in [0, 0.1) is 0 Å².